The van der Waals surface area contributed by atoms with Crippen molar-refractivity contribution in [3.05, 3.63) is 66.4 Å². The van der Waals surface area contributed by atoms with Gasteiger partial charge in [0.25, 0.3) is 0 Å². The van der Waals surface area contributed by atoms with Crippen LogP contribution in [-0.2, 0) is 4.79 Å². The van der Waals surface area contributed by atoms with Crippen molar-refractivity contribution in [3.63, 3.8) is 0 Å². The van der Waals surface area contributed by atoms with Gasteiger partial charge >= 0.3 is 0 Å². The highest BCUT2D eigenvalue weighted by Gasteiger charge is 2.22. The lowest BCUT2D eigenvalue weighted by Gasteiger charge is -2.17. The van der Waals surface area contributed by atoms with Gasteiger partial charge in [0.05, 0.1) is 0 Å². The molecule has 1 aliphatic carbocycles. The second-order valence-electron chi connectivity index (χ2n) is 6.58. The highest BCUT2D eigenvalue weighted by atomic mass is 16.2. The summed E-state index contributed by atoms with van der Waals surface area (Å²) in [6, 6.07) is 14.1. The summed E-state index contributed by atoms with van der Waals surface area (Å²) < 4.78 is 1.96. The smallest absolute Gasteiger partial charge is 0.228 e. The Kier molecular flexibility index (Phi) is 4.10. The molecule has 0 saturated carbocycles. The molecule has 0 bridgehead atoms. The number of hydrogen-bond acceptors (Lipinski definition) is 2. The van der Waals surface area contributed by atoms with Crippen LogP contribution < -0.4 is 5.32 Å². The number of aryl methyl sites for hydroxylation is 1. The summed E-state index contributed by atoms with van der Waals surface area (Å²) in [5.74, 6) is 0.856. The van der Waals surface area contributed by atoms with E-state index in [0.29, 0.717) is 0 Å². The third-order valence-electron chi connectivity index (χ3n) is 4.71. The molecule has 2 heterocycles. The first-order chi connectivity index (χ1) is 12.2. The Morgan fingerprint density at radius 1 is 1.20 bits per heavy atom. The maximum Gasteiger partial charge on any atom is 0.228 e. The molecular weight excluding hydrogens is 310 g/mol. The van der Waals surface area contributed by atoms with Gasteiger partial charge in [0, 0.05) is 17.7 Å². The van der Waals surface area contributed by atoms with Crippen molar-refractivity contribution in [1.29, 1.82) is 0 Å². The highest BCUT2D eigenvalue weighted by molar-refractivity contribution is 5.96. The van der Waals surface area contributed by atoms with Crippen LogP contribution in [-0.4, -0.2) is 15.3 Å². The Morgan fingerprint density at radius 2 is 2.04 bits per heavy atom. The molecular formula is C21H21N3O. The molecule has 1 aliphatic rings. The minimum absolute atomic E-state index is 0.0321. The van der Waals surface area contributed by atoms with Gasteiger partial charge in [-0.05, 0) is 43.9 Å². The van der Waals surface area contributed by atoms with Gasteiger partial charge in [-0.1, -0.05) is 42.5 Å². The van der Waals surface area contributed by atoms with Gasteiger partial charge in [0.2, 0.25) is 5.91 Å². The van der Waals surface area contributed by atoms with Crippen molar-refractivity contribution in [3.8, 4) is 11.3 Å². The van der Waals surface area contributed by atoms with Crippen LogP contribution in [0.15, 0.2) is 60.8 Å². The fourth-order valence-electron chi connectivity index (χ4n) is 3.31. The van der Waals surface area contributed by atoms with Gasteiger partial charge in [-0.2, -0.15) is 0 Å². The van der Waals surface area contributed by atoms with Gasteiger partial charge < -0.3 is 5.32 Å². The Hall–Kier alpha value is -2.88. The first-order valence-corrected chi connectivity index (χ1v) is 8.72. The van der Waals surface area contributed by atoms with Crippen molar-refractivity contribution in [1.82, 2.24) is 9.38 Å². The minimum atomic E-state index is 0.0321. The average molecular weight is 331 g/mol. The average Bonchev–Trinajstić information content (AvgIpc) is 3.00. The van der Waals surface area contributed by atoms with Gasteiger partial charge in [0.15, 0.2) is 0 Å². The number of carbonyl (C=O) groups is 1. The highest BCUT2D eigenvalue weighted by Crippen LogP contribution is 2.30. The number of carbonyl (C=O) groups excluding carboxylic acids is 1. The molecule has 1 atom stereocenters. The fourth-order valence-corrected chi connectivity index (χ4v) is 3.31. The lowest BCUT2D eigenvalue weighted by Crippen LogP contribution is -2.24. The molecule has 1 N–H and O–H groups in total. The monoisotopic (exact) mass is 331 g/mol. The van der Waals surface area contributed by atoms with E-state index in [9.17, 15) is 4.79 Å². The first kappa shape index (κ1) is 15.6. The van der Waals surface area contributed by atoms with Gasteiger partial charge in [-0.3, -0.25) is 9.20 Å². The zero-order valence-corrected chi connectivity index (χ0v) is 14.3. The Bertz CT molecular complexity index is 940. The first-order valence-electron chi connectivity index (χ1n) is 8.72. The lowest BCUT2D eigenvalue weighted by atomic mass is 9.93. The van der Waals surface area contributed by atoms with Gasteiger partial charge in [-0.15, -0.1) is 0 Å². The fraction of sp³-hybridized carbons (Fsp3) is 0.238. The van der Waals surface area contributed by atoms with Crippen LogP contribution in [0.3, 0.4) is 0 Å². The molecule has 3 aromatic rings. The predicted molar refractivity (Wildman–Crippen MR) is 100 cm³/mol. The lowest BCUT2D eigenvalue weighted by molar-refractivity contribution is -0.120. The molecule has 2 aromatic heterocycles. The zero-order chi connectivity index (χ0) is 17.2. The number of nitrogens with one attached hydrogen (secondary N) is 1. The summed E-state index contributed by atoms with van der Waals surface area (Å²) in [7, 11) is 0. The number of allylic oxidation sites excluding steroid dienone is 2. The third kappa shape index (κ3) is 3.07. The van der Waals surface area contributed by atoms with Crippen LogP contribution in [0.5, 0.6) is 0 Å². The van der Waals surface area contributed by atoms with Crippen molar-refractivity contribution >= 4 is 17.4 Å². The predicted octanol–water partition coefficient (Wildman–Crippen LogP) is 4.60. The molecule has 0 spiro atoms. The molecule has 0 radical (unpaired) electrons. The molecule has 4 rings (SSSR count). The molecule has 4 nitrogen and oxygen atoms in total. The maximum absolute atomic E-state index is 12.8. The molecule has 1 amide bonds. The maximum atomic E-state index is 12.8. The molecule has 0 unspecified atom stereocenters. The van der Waals surface area contributed by atoms with E-state index in [1.165, 1.54) is 0 Å². The van der Waals surface area contributed by atoms with Crippen LogP contribution in [0, 0.1) is 12.8 Å². The van der Waals surface area contributed by atoms with Crippen molar-refractivity contribution in [2.45, 2.75) is 26.2 Å². The standard InChI is InChI=1S/C21H21N3O/c1-15-12-13-24-18(14-15)22-19(16-8-4-2-5-9-16)20(24)23-21(25)17-10-6-3-7-11-17/h2-6,8-9,12-14,17H,7,10-11H2,1H3,(H,23,25)/t17-/m0/s1. The van der Waals surface area contributed by atoms with E-state index in [1.807, 2.05) is 60.0 Å². The third-order valence-corrected chi connectivity index (χ3v) is 4.71. The molecule has 1 aromatic carbocycles. The normalized spacial score (nSPS) is 16.9. The molecule has 25 heavy (non-hydrogen) atoms. The van der Waals surface area contributed by atoms with E-state index < -0.39 is 0 Å². The number of rotatable bonds is 3. The van der Waals surface area contributed by atoms with E-state index in [4.69, 9.17) is 4.98 Å². The van der Waals surface area contributed by atoms with E-state index in [1.54, 1.807) is 0 Å². The van der Waals surface area contributed by atoms with Gasteiger partial charge in [0.1, 0.15) is 17.2 Å². The summed E-state index contributed by atoms with van der Waals surface area (Å²) in [6.07, 6.45) is 8.90. The summed E-state index contributed by atoms with van der Waals surface area (Å²) in [6.45, 7) is 2.05. The van der Waals surface area contributed by atoms with Gasteiger partial charge in [-0.25, -0.2) is 4.98 Å². The Labute approximate surface area is 147 Å². The minimum Gasteiger partial charge on any atom is -0.310 e. The van der Waals surface area contributed by atoms with E-state index in [0.717, 1.165) is 47.5 Å². The zero-order valence-electron chi connectivity index (χ0n) is 14.3. The van der Waals surface area contributed by atoms with Crippen LogP contribution in [0.25, 0.3) is 16.9 Å². The number of aromatic nitrogens is 2. The SMILES string of the molecule is Cc1ccn2c(NC(=O)[C@H]3CC=CCC3)c(-c3ccccc3)nc2c1. The summed E-state index contributed by atoms with van der Waals surface area (Å²) in [4.78, 5) is 17.5. The molecule has 0 fully saturated rings. The number of imidazole rings is 1. The molecule has 0 aliphatic heterocycles. The topological polar surface area (TPSA) is 46.4 Å². The Balaban J connectivity index is 1.77. The van der Waals surface area contributed by atoms with Crippen molar-refractivity contribution in [2.75, 3.05) is 5.32 Å². The molecule has 0 saturated heterocycles. The van der Waals surface area contributed by atoms with E-state index >= 15 is 0 Å². The summed E-state index contributed by atoms with van der Waals surface area (Å²) in [5.41, 5.74) is 3.80. The Morgan fingerprint density at radius 3 is 2.80 bits per heavy atom. The van der Waals surface area contributed by atoms with E-state index in [-0.39, 0.29) is 11.8 Å². The van der Waals surface area contributed by atoms with Crippen LogP contribution in [0.4, 0.5) is 5.82 Å². The number of fused-ring (bicyclic) bond motifs is 1. The quantitative estimate of drug-likeness (QED) is 0.713. The number of amides is 1. The molecule has 126 valence electrons. The van der Waals surface area contributed by atoms with Crippen LogP contribution in [0.2, 0.25) is 0 Å². The second kappa shape index (κ2) is 6.55. The number of anilines is 1. The second-order valence-corrected chi connectivity index (χ2v) is 6.58. The number of nitrogens with zero attached hydrogens (tertiary/aromatic N) is 2. The van der Waals surface area contributed by atoms with E-state index in [2.05, 4.69) is 17.5 Å². The largest absolute Gasteiger partial charge is 0.310 e. The summed E-state index contributed by atoms with van der Waals surface area (Å²) in [5, 5.41) is 3.15. The summed E-state index contributed by atoms with van der Waals surface area (Å²) >= 11 is 0. The van der Waals surface area contributed by atoms with Crippen molar-refractivity contribution in [2.24, 2.45) is 5.92 Å². The van der Waals surface area contributed by atoms with Crippen LogP contribution >= 0.6 is 0 Å². The molecule has 4 heteroatoms. The number of pyridine rings is 1. The number of benzene rings is 1. The number of hydrogen-bond donors (Lipinski definition) is 1. The van der Waals surface area contributed by atoms with Crippen LogP contribution in [0.1, 0.15) is 24.8 Å². The van der Waals surface area contributed by atoms with Crippen molar-refractivity contribution < 1.29 is 4.79 Å².